The number of amides is 1. The van der Waals surface area contributed by atoms with Crippen molar-refractivity contribution in [3.63, 3.8) is 0 Å². The van der Waals surface area contributed by atoms with Crippen LogP contribution in [0.2, 0.25) is 5.02 Å². The van der Waals surface area contributed by atoms with Gasteiger partial charge in [0.15, 0.2) is 4.34 Å². The SMILES string of the molecule is CCCCOc1ccc(C(O)=C2C(=O)C(=O)N(c3nnc(SCc4ccc(Cl)cc4)s3)[C@@H]2c2ccc(C(=O)OC)cc2)cc1. The van der Waals surface area contributed by atoms with E-state index in [1.807, 2.05) is 12.1 Å². The molecule has 0 bridgehead atoms. The van der Waals surface area contributed by atoms with Crippen molar-refractivity contribution >= 4 is 63.3 Å². The van der Waals surface area contributed by atoms with E-state index in [0.717, 1.165) is 29.7 Å². The minimum Gasteiger partial charge on any atom is -0.507 e. The molecule has 4 aromatic rings. The number of esters is 1. The zero-order chi connectivity index (χ0) is 31.2. The fraction of sp³-hybridized carbons (Fsp3) is 0.219. The Morgan fingerprint density at radius 1 is 1.00 bits per heavy atom. The number of nitrogens with zero attached hydrogens (tertiary/aromatic N) is 3. The van der Waals surface area contributed by atoms with Crippen molar-refractivity contribution in [1.29, 1.82) is 0 Å². The topological polar surface area (TPSA) is 119 Å². The average molecular weight is 650 g/mol. The molecule has 12 heteroatoms. The Morgan fingerprint density at radius 2 is 1.68 bits per heavy atom. The minimum atomic E-state index is -1.02. The average Bonchev–Trinajstić information content (AvgIpc) is 3.62. The predicted molar refractivity (Wildman–Crippen MR) is 170 cm³/mol. The molecule has 9 nitrogen and oxygen atoms in total. The van der Waals surface area contributed by atoms with Gasteiger partial charge in [-0.1, -0.05) is 72.3 Å². The zero-order valence-corrected chi connectivity index (χ0v) is 26.2. The summed E-state index contributed by atoms with van der Waals surface area (Å²) in [5.41, 5.74) is 2.06. The Balaban J connectivity index is 1.50. The summed E-state index contributed by atoms with van der Waals surface area (Å²) in [6.07, 6.45) is 1.91. The number of unbranched alkanes of at least 4 members (excludes halogenated alkanes) is 1. The van der Waals surface area contributed by atoms with E-state index in [4.69, 9.17) is 21.1 Å². The van der Waals surface area contributed by atoms with Crippen LogP contribution < -0.4 is 9.64 Å². The van der Waals surface area contributed by atoms with Crippen molar-refractivity contribution in [1.82, 2.24) is 10.2 Å². The number of halogens is 1. The van der Waals surface area contributed by atoms with Gasteiger partial charge in [0.25, 0.3) is 5.78 Å². The molecule has 226 valence electrons. The lowest BCUT2D eigenvalue weighted by molar-refractivity contribution is -0.132. The van der Waals surface area contributed by atoms with Gasteiger partial charge in [0.05, 0.1) is 30.9 Å². The summed E-state index contributed by atoms with van der Waals surface area (Å²) < 4.78 is 11.1. The number of aromatic nitrogens is 2. The van der Waals surface area contributed by atoms with Crippen LogP contribution in [0.5, 0.6) is 5.75 Å². The van der Waals surface area contributed by atoms with Crippen LogP contribution in [0.4, 0.5) is 5.13 Å². The van der Waals surface area contributed by atoms with Crippen molar-refractivity contribution in [2.24, 2.45) is 0 Å². The van der Waals surface area contributed by atoms with Crippen molar-refractivity contribution in [3.05, 3.63) is 106 Å². The molecule has 3 aromatic carbocycles. The molecule has 0 unspecified atom stereocenters. The number of ether oxygens (including phenoxy) is 2. The second-order valence-electron chi connectivity index (χ2n) is 9.77. The molecule has 2 heterocycles. The summed E-state index contributed by atoms with van der Waals surface area (Å²) >= 11 is 8.58. The molecule has 1 N–H and O–H groups in total. The van der Waals surface area contributed by atoms with Gasteiger partial charge in [-0.3, -0.25) is 14.5 Å². The van der Waals surface area contributed by atoms with Gasteiger partial charge in [-0.25, -0.2) is 4.79 Å². The summed E-state index contributed by atoms with van der Waals surface area (Å²) in [4.78, 5) is 40.4. The first-order valence-corrected chi connectivity index (χ1v) is 15.9. The van der Waals surface area contributed by atoms with Crippen LogP contribution in [0.25, 0.3) is 5.76 Å². The van der Waals surface area contributed by atoms with E-state index in [9.17, 15) is 19.5 Å². The third-order valence-corrected chi connectivity index (χ3v) is 9.24. The van der Waals surface area contributed by atoms with Crippen molar-refractivity contribution in [3.8, 4) is 5.75 Å². The number of thioether (sulfide) groups is 1. The predicted octanol–water partition coefficient (Wildman–Crippen LogP) is 7.08. The summed E-state index contributed by atoms with van der Waals surface area (Å²) in [7, 11) is 1.28. The molecule has 5 rings (SSSR count). The third kappa shape index (κ3) is 6.80. The fourth-order valence-electron chi connectivity index (χ4n) is 4.55. The molecule has 1 aliphatic rings. The van der Waals surface area contributed by atoms with Gasteiger partial charge in [0, 0.05) is 16.3 Å². The number of aliphatic hydroxyl groups excluding tert-OH is 1. The summed E-state index contributed by atoms with van der Waals surface area (Å²) in [5, 5.41) is 20.8. The van der Waals surface area contributed by atoms with Crippen LogP contribution in [0.15, 0.2) is 82.7 Å². The molecule has 1 atom stereocenters. The van der Waals surface area contributed by atoms with E-state index < -0.39 is 23.7 Å². The summed E-state index contributed by atoms with van der Waals surface area (Å²) in [6, 6.07) is 19.4. The standard InChI is InChI=1S/C32H28ClN3O6S2/c1-3-4-17-42-24-15-11-21(12-16-24)27(37)25-26(20-7-9-22(10-8-20)30(40)41-2)36(29(39)28(25)38)31-34-35-32(44-31)43-18-19-5-13-23(33)14-6-19/h5-16,26,37H,3-4,17-18H2,1-2H3/t26-/m1/s1. The molecule has 1 saturated heterocycles. The van der Waals surface area contributed by atoms with Crippen LogP contribution in [-0.4, -0.2) is 46.7 Å². The van der Waals surface area contributed by atoms with Gasteiger partial charge in [-0.2, -0.15) is 0 Å². The number of ketones is 1. The van der Waals surface area contributed by atoms with E-state index in [0.29, 0.717) is 44.2 Å². The molecular weight excluding hydrogens is 622 g/mol. The van der Waals surface area contributed by atoms with E-state index in [2.05, 4.69) is 17.1 Å². The maximum atomic E-state index is 13.5. The zero-order valence-electron chi connectivity index (χ0n) is 23.9. The molecular formula is C32H28ClN3O6S2. The van der Waals surface area contributed by atoms with Gasteiger partial charge in [-0.15, -0.1) is 10.2 Å². The van der Waals surface area contributed by atoms with Gasteiger partial charge in [0.1, 0.15) is 11.5 Å². The number of anilines is 1. The normalized spacial score (nSPS) is 15.9. The Hall–Kier alpha value is -4.19. The summed E-state index contributed by atoms with van der Waals surface area (Å²) in [5.74, 6) is -1.35. The Kier molecular flexibility index (Phi) is 9.99. The first-order chi connectivity index (χ1) is 21.3. The van der Waals surface area contributed by atoms with Crippen LogP contribution in [0, 0.1) is 0 Å². The van der Waals surface area contributed by atoms with Gasteiger partial charge < -0.3 is 14.6 Å². The monoisotopic (exact) mass is 649 g/mol. The van der Waals surface area contributed by atoms with Gasteiger partial charge in [0.2, 0.25) is 5.13 Å². The van der Waals surface area contributed by atoms with E-state index in [-0.39, 0.29) is 16.5 Å². The number of hydrogen-bond donors (Lipinski definition) is 1. The molecule has 1 amide bonds. The lowest BCUT2D eigenvalue weighted by atomic mass is 9.94. The number of carbonyl (C=O) groups is 3. The summed E-state index contributed by atoms with van der Waals surface area (Å²) in [6.45, 7) is 2.64. The highest BCUT2D eigenvalue weighted by molar-refractivity contribution is 8.00. The highest BCUT2D eigenvalue weighted by Gasteiger charge is 2.48. The van der Waals surface area contributed by atoms with Crippen LogP contribution >= 0.6 is 34.7 Å². The van der Waals surface area contributed by atoms with E-state index >= 15 is 0 Å². The van der Waals surface area contributed by atoms with Gasteiger partial charge >= 0.3 is 11.9 Å². The smallest absolute Gasteiger partial charge is 0.337 e. The number of hydrogen-bond acceptors (Lipinski definition) is 10. The van der Waals surface area contributed by atoms with Crippen LogP contribution in [0.1, 0.15) is 52.9 Å². The molecule has 0 aliphatic carbocycles. The highest BCUT2D eigenvalue weighted by atomic mass is 35.5. The largest absolute Gasteiger partial charge is 0.507 e. The second-order valence-corrected chi connectivity index (χ2v) is 12.4. The minimum absolute atomic E-state index is 0.106. The first-order valence-electron chi connectivity index (χ1n) is 13.7. The molecule has 1 aromatic heterocycles. The van der Waals surface area contributed by atoms with Crippen molar-refractivity contribution in [2.75, 3.05) is 18.6 Å². The molecule has 1 aliphatic heterocycles. The Bertz CT molecular complexity index is 1690. The lowest BCUT2D eigenvalue weighted by Crippen LogP contribution is -2.29. The number of benzene rings is 3. The Morgan fingerprint density at radius 3 is 2.34 bits per heavy atom. The van der Waals surface area contributed by atoms with E-state index in [1.54, 1.807) is 48.5 Å². The number of carbonyl (C=O) groups excluding carboxylic acids is 3. The fourth-order valence-corrected chi connectivity index (χ4v) is 6.50. The number of Topliss-reactive ketones (excluding diaryl/α,β-unsaturated/α-hetero) is 1. The molecule has 0 spiro atoms. The molecule has 1 fully saturated rings. The molecule has 0 radical (unpaired) electrons. The molecule has 0 saturated carbocycles. The number of aliphatic hydroxyl groups is 1. The Labute approximate surface area is 267 Å². The maximum absolute atomic E-state index is 13.5. The second kappa shape index (κ2) is 14.1. The number of rotatable bonds is 11. The molecule has 44 heavy (non-hydrogen) atoms. The van der Waals surface area contributed by atoms with Crippen molar-refractivity contribution < 1.29 is 29.0 Å². The number of methoxy groups -OCH3 is 1. The van der Waals surface area contributed by atoms with Crippen LogP contribution in [-0.2, 0) is 20.1 Å². The quantitative estimate of drug-likeness (QED) is 0.0346. The highest BCUT2D eigenvalue weighted by Crippen LogP contribution is 2.44. The third-order valence-electron chi connectivity index (χ3n) is 6.86. The first kappa shape index (κ1) is 31.2. The maximum Gasteiger partial charge on any atom is 0.337 e. The van der Waals surface area contributed by atoms with Crippen LogP contribution in [0.3, 0.4) is 0 Å². The van der Waals surface area contributed by atoms with Gasteiger partial charge in [-0.05, 0) is 66.1 Å². The van der Waals surface area contributed by atoms with Crippen molar-refractivity contribution in [2.45, 2.75) is 35.9 Å². The lowest BCUT2D eigenvalue weighted by Gasteiger charge is -2.22. The van der Waals surface area contributed by atoms with E-state index in [1.165, 1.54) is 35.9 Å².